The Balaban J connectivity index is 2.24. The molecule has 0 fully saturated rings. The van der Waals surface area contributed by atoms with E-state index in [0.717, 1.165) is 6.42 Å². The first kappa shape index (κ1) is 9.90. The van der Waals surface area contributed by atoms with Gasteiger partial charge in [0.25, 0.3) is 0 Å². The fourth-order valence-corrected chi connectivity index (χ4v) is 1.94. The van der Waals surface area contributed by atoms with Crippen LogP contribution in [-0.4, -0.2) is 0 Å². The first-order valence-electron chi connectivity index (χ1n) is 4.55. The number of rotatable bonds is 1. The topological polar surface area (TPSA) is 0 Å². The molecule has 0 saturated carbocycles. The first-order chi connectivity index (χ1) is 6.75. The number of hydrogen-bond donors (Lipinski definition) is 0. The summed E-state index contributed by atoms with van der Waals surface area (Å²) in [5.41, 5.74) is 1.19. The predicted molar refractivity (Wildman–Crippen MR) is 64.8 cm³/mol. The van der Waals surface area contributed by atoms with E-state index in [2.05, 4.69) is 46.9 Å². The van der Waals surface area contributed by atoms with Crippen LogP contribution in [0.5, 0.6) is 0 Å². The molecule has 0 aromatic heterocycles. The van der Waals surface area contributed by atoms with Gasteiger partial charge in [0.1, 0.15) is 5.83 Å². The maximum atomic E-state index is 13.0. The van der Waals surface area contributed by atoms with Gasteiger partial charge in [0.05, 0.1) is 0 Å². The van der Waals surface area contributed by atoms with Gasteiger partial charge >= 0.3 is 0 Å². The van der Waals surface area contributed by atoms with Crippen LogP contribution in [0.2, 0.25) is 0 Å². The number of benzene rings is 1. The lowest BCUT2D eigenvalue weighted by Crippen LogP contribution is -1.97. The zero-order chi connectivity index (χ0) is 9.97. The summed E-state index contributed by atoms with van der Waals surface area (Å²) in [5.74, 6) is 0.0804. The third-order valence-corrected chi connectivity index (χ3v) is 3.04. The summed E-state index contributed by atoms with van der Waals surface area (Å²) in [6, 6.07) is 8.24. The Kier molecular flexibility index (Phi) is 3.01. The van der Waals surface area contributed by atoms with Crippen molar-refractivity contribution in [1.82, 2.24) is 0 Å². The molecule has 2 rings (SSSR count). The van der Waals surface area contributed by atoms with E-state index in [4.69, 9.17) is 0 Å². The molecule has 1 aliphatic carbocycles. The average molecular weight is 300 g/mol. The van der Waals surface area contributed by atoms with Crippen molar-refractivity contribution in [2.75, 3.05) is 0 Å². The Hall–Kier alpha value is -0.640. The maximum Gasteiger partial charge on any atom is 0.119 e. The van der Waals surface area contributed by atoms with E-state index in [9.17, 15) is 4.39 Å². The van der Waals surface area contributed by atoms with Crippen molar-refractivity contribution in [2.45, 2.75) is 12.3 Å². The Bertz CT molecular complexity index is 376. The van der Waals surface area contributed by atoms with Crippen LogP contribution in [0.25, 0.3) is 0 Å². The molecule has 0 spiro atoms. The molecule has 0 N–H and O–H groups in total. The molecule has 0 heterocycles. The summed E-state index contributed by atoms with van der Waals surface area (Å²) in [6.07, 6.45) is 6.00. The van der Waals surface area contributed by atoms with Gasteiger partial charge in [-0.15, -0.1) is 0 Å². The van der Waals surface area contributed by atoms with Crippen molar-refractivity contribution in [1.29, 1.82) is 0 Å². The van der Waals surface area contributed by atoms with Gasteiger partial charge < -0.3 is 0 Å². The van der Waals surface area contributed by atoms with E-state index in [1.165, 1.54) is 15.2 Å². The molecular formula is C12H10FI. The van der Waals surface area contributed by atoms with E-state index < -0.39 is 0 Å². The Morgan fingerprint density at radius 2 is 1.93 bits per heavy atom. The Morgan fingerprint density at radius 3 is 2.57 bits per heavy atom. The lowest BCUT2D eigenvalue weighted by molar-refractivity contribution is 0.640. The SMILES string of the molecule is FC1=C[C@@H](c2ccc(I)cc2)CC=C1. The molecular weight excluding hydrogens is 290 g/mol. The van der Waals surface area contributed by atoms with E-state index >= 15 is 0 Å². The van der Waals surface area contributed by atoms with E-state index in [1.54, 1.807) is 6.08 Å². The minimum Gasteiger partial charge on any atom is -0.207 e. The van der Waals surface area contributed by atoms with Gasteiger partial charge in [-0.3, -0.25) is 0 Å². The van der Waals surface area contributed by atoms with Gasteiger partial charge in [0.15, 0.2) is 0 Å². The highest BCUT2D eigenvalue weighted by Gasteiger charge is 2.11. The average Bonchev–Trinajstić information content (AvgIpc) is 2.19. The Labute approximate surface area is 96.7 Å². The van der Waals surface area contributed by atoms with Crippen LogP contribution in [0.3, 0.4) is 0 Å². The minimum absolute atomic E-state index is 0.125. The van der Waals surface area contributed by atoms with E-state index in [-0.39, 0.29) is 11.7 Å². The third-order valence-electron chi connectivity index (χ3n) is 2.33. The quantitative estimate of drug-likeness (QED) is 0.682. The van der Waals surface area contributed by atoms with Gasteiger partial charge in [0.2, 0.25) is 0 Å². The van der Waals surface area contributed by atoms with Crippen LogP contribution in [0.1, 0.15) is 17.9 Å². The Morgan fingerprint density at radius 1 is 1.21 bits per heavy atom. The molecule has 2 heteroatoms. The van der Waals surface area contributed by atoms with Gasteiger partial charge in [-0.25, -0.2) is 4.39 Å². The fraction of sp³-hybridized carbons (Fsp3) is 0.167. The van der Waals surface area contributed by atoms with Crippen LogP contribution in [-0.2, 0) is 0 Å². The molecule has 14 heavy (non-hydrogen) atoms. The normalized spacial score (nSPS) is 20.7. The van der Waals surface area contributed by atoms with Crippen LogP contribution in [0.15, 0.2) is 48.3 Å². The monoisotopic (exact) mass is 300 g/mol. The van der Waals surface area contributed by atoms with Crippen LogP contribution >= 0.6 is 22.6 Å². The van der Waals surface area contributed by atoms with Crippen molar-refractivity contribution in [3.8, 4) is 0 Å². The summed E-state index contributed by atoms with van der Waals surface area (Å²) in [6.45, 7) is 0. The van der Waals surface area contributed by atoms with Crippen molar-refractivity contribution >= 4 is 22.6 Å². The van der Waals surface area contributed by atoms with E-state index in [1.807, 2.05) is 6.08 Å². The van der Waals surface area contributed by atoms with Crippen LogP contribution < -0.4 is 0 Å². The molecule has 0 unspecified atom stereocenters. The molecule has 0 saturated heterocycles. The maximum absolute atomic E-state index is 13.0. The summed E-state index contributed by atoms with van der Waals surface area (Å²) in [4.78, 5) is 0. The highest BCUT2D eigenvalue weighted by atomic mass is 127. The smallest absolute Gasteiger partial charge is 0.119 e. The lowest BCUT2D eigenvalue weighted by atomic mass is 9.92. The highest BCUT2D eigenvalue weighted by molar-refractivity contribution is 14.1. The molecule has 1 aromatic rings. The summed E-state index contributed by atoms with van der Waals surface area (Å²) in [7, 11) is 0. The molecule has 0 radical (unpaired) electrons. The number of halogens is 2. The minimum atomic E-state index is -0.125. The van der Waals surface area contributed by atoms with Gasteiger partial charge in [-0.2, -0.15) is 0 Å². The molecule has 0 amide bonds. The zero-order valence-corrected chi connectivity index (χ0v) is 9.74. The summed E-state index contributed by atoms with van der Waals surface area (Å²) < 4.78 is 14.2. The number of allylic oxidation sites excluding steroid dienone is 4. The van der Waals surface area contributed by atoms with Crippen molar-refractivity contribution < 1.29 is 4.39 Å². The standard InChI is InChI=1S/C12H10FI/c13-11-3-1-2-10(8-11)9-4-6-12(14)7-5-9/h1,3-8,10H,2H2/t10-/m0/s1. The van der Waals surface area contributed by atoms with Crippen molar-refractivity contribution in [2.24, 2.45) is 0 Å². The van der Waals surface area contributed by atoms with Crippen LogP contribution in [0.4, 0.5) is 4.39 Å². The largest absolute Gasteiger partial charge is 0.207 e. The fourth-order valence-electron chi connectivity index (χ4n) is 1.59. The molecule has 72 valence electrons. The molecule has 0 aliphatic heterocycles. The highest BCUT2D eigenvalue weighted by Crippen LogP contribution is 2.27. The third kappa shape index (κ3) is 2.23. The number of hydrogen-bond acceptors (Lipinski definition) is 0. The predicted octanol–water partition coefficient (Wildman–Crippen LogP) is 4.19. The second kappa shape index (κ2) is 4.26. The molecule has 1 aliphatic rings. The van der Waals surface area contributed by atoms with Crippen molar-refractivity contribution in [3.05, 3.63) is 57.5 Å². The summed E-state index contributed by atoms with van der Waals surface area (Å²) >= 11 is 2.27. The van der Waals surface area contributed by atoms with Gasteiger partial charge in [-0.05, 0) is 58.9 Å². The van der Waals surface area contributed by atoms with Crippen LogP contribution in [0, 0.1) is 3.57 Å². The van der Waals surface area contributed by atoms with E-state index in [0.29, 0.717) is 0 Å². The molecule has 1 atom stereocenters. The first-order valence-corrected chi connectivity index (χ1v) is 5.63. The molecule has 1 aromatic carbocycles. The second-order valence-corrected chi connectivity index (χ2v) is 4.59. The van der Waals surface area contributed by atoms with Crippen molar-refractivity contribution in [3.63, 3.8) is 0 Å². The zero-order valence-electron chi connectivity index (χ0n) is 7.58. The molecule has 0 bridgehead atoms. The van der Waals surface area contributed by atoms with Gasteiger partial charge in [-0.1, -0.05) is 18.2 Å². The van der Waals surface area contributed by atoms with Gasteiger partial charge in [0, 0.05) is 9.49 Å². The second-order valence-electron chi connectivity index (χ2n) is 3.35. The summed E-state index contributed by atoms with van der Waals surface area (Å²) in [5, 5.41) is 0. The lowest BCUT2D eigenvalue weighted by Gasteiger charge is -2.13. The molecule has 0 nitrogen and oxygen atoms in total.